The fourth-order valence-electron chi connectivity index (χ4n) is 3.79. The second-order valence-electron chi connectivity index (χ2n) is 6.84. The zero-order chi connectivity index (χ0) is 16.4. The molecule has 0 aromatic carbocycles. The number of aryl methyl sites for hydroxylation is 1. The van der Waals surface area contributed by atoms with Gasteiger partial charge in [0.05, 0.1) is 6.20 Å². The van der Waals surface area contributed by atoms with E-state index in [2.05, 4.69) is 20.0 Å². The lowest BCUT2D eigenvalue weighted by Crippen LogP contribution is -2.51. The van der Waals surface area contributed by atoms with Crippen LogP contribution in [0.4, 0.5) is 0 Å². The van der Waals surface area contributed by atoms with Gasteiger partial charge in [0, 0.05) is 57.5 Å². The van der Waals surface area contributed by atoms with Gasteiger partial charge in [-0.05, 0) is 31.9 Å². The van der Waals surface area contributed by atoms with Gasteiger partial charge in [-0.1, -0.05) is 0 Å². The highest BCUT2D eigenvalue weighted by Crippen LogP contribution is 2.25. The van der Waals surface area contributed by atoms with Gasteiger partial charge in [0.25, 0.3) is 0 Å². The fraction of sp³-hybridized carbons (Fsp3) is 0.611. The van der Waals surface area contributed by atoms with Crippen LogP contribution in [0.3, 0.4) is 0 Å². The monoisotopic (exact) mass is 330 g/mol. The lowest BCUT2D eigenvalue weighted by atomic mass is 10.1. The number of aromatic nitrogens is 2. The molecule has 0 amide bonds. The van der Waals surface area contributed by atoms with Gasteiger partial charge >= 0.3 is 0 Å². The third kappa shape index (κ3) is 3.41. The van der Waals surface area contributed by atoms with Crippen molar-refractivity contribution in [2.24, 2.45) is 0 Å². The summed E-state index contributed by atoms with van der Waals surface area (Å²) >= 11 is 0. The van der Waals surface area contributed by atoms with Gasteiger partial charge in [-0.25, -0.2) is 0 Å². The van der Waals surface area contributed by atoms with Crippen molar-refractivity contribution in [3.05, 3.63) is 29.7 Å². The van der Waals surface area contributed by atoms with Crippen molar-refractivity contribution in [3.63, 3.8) is 0 Å². The maximum absolute atomic E-state index is 5.74. The van der Waals surface area contributed by atoms with Gasteiger partial charge in [0.15, 0.2) is 5.76 Å². The lowest BCUT2D eigenvalue weighted by Gasteiger charge is -2.40. The molecule has 2 aliphatic rings. The Morgan fingerprint density at radius 3 is 2.67 bits per heavy atom. The van der Waals surface area contributed by atoms with Crippen LogP contribution in [0.2, 0.25) is 0 Å². The number of H-pyrrole nitrogens is 1. The summed E-state index contributed by atoms with van der Waals surface area (Å²) in [5, 5.41) is 7.32. The van der Waals surface area contributed by atoms with Crippen molar-refractivity contribution < 1.29 is 9.15 Å². The van der Waals surface area contributed by atoms with Gasteiger partial charge in [0.1, 0.15) is 11.5 Å². The van der Waals surface area contributed by atoms with E-state index < -0.39 is 0 Å². The van der Waals surface area contributed by atoms with Crippen molar-refractivity contribution >= 4 is 0 Å². The van der Waals surface area contributed by atoms with Gasteiger partial charge in [-0.15, -0.1) is 0 Å². The molecule has 0 atom stereocenters. The molecule has 2 aromatic heterocycles. The van der Waals surface area contributed by atoms with Crippen LogP contribution < -0.4 is 0 Å². The quantitative estimate of drug-likeness (QED) is 0.932. The Balaban J connectivity index is 1.35. The van der Waals surface area contributed by atoms with E-state index in [0.29, 0.717) is 0 Å². The Morgan fingerprint density at radius 2 is 1.96 bits per heavy atom. The minimum Gasteiger partial charge on any atom is -0.460 e. The van der Waals surface area contributed by atoms with Crippen molar-refractivity contribution in [1.82, 2.24) is 20.0 Å². The summed E-state index contributed by atoms with van der Waals surface area (Å²) in [5.74, 6) is 1.80. The first kappa shape index (κ1) is 15.9. The molecule has 6 nitrogen and oxygen atoms in total. The zero-order valence-electron chi connectivity index (χ0n) is 14.3. The highest BCUT2D eigenvalue weighted by atomic mass is 16.5. The molecule has 2 aliphatic heterocycles. The Hall–Kier alpha value is -1.63. The Bertz CT molecular complexity index is 652. The molecular weight excluding hydrogens is 304 g/mol. The third-order valence-corrected chi connectivity index (χ3v) is 5.21. The highest BCUT2D eigenvalue weighted by molar-refractivity contribution is 5.56. The number of hydrogen-bond acceptors (Lipinski definition) is 5. The normalized spacial score (nSPS) is 21.4. The van der Waals surface area contributed by atoms with Crippen LogP contribution in [0.1, 0.15) is 24.2 Å². The van der Waals surface area contributed by atoms with E-state index in [1.807, 2.05) is 25.3 Å². The van der Waals surface area contributed by atoms with Crippen LogP contribution >= 0.6 is 0 Å². The van der Waals surface area contributed by atoms with Crippen LogP contribution in [0, 0.1) is 6.92 Å². The summed E-state index contributed by atoms with van der Waals surface area (Å²) in [7, 11) is 0. The van der Waals surface area contributed by atoms with E-state index in [1.165, 1.54) is 18.4 Å². The van der Waals surface area contributed by atoms with Crippen LogP contribution in [0.25, 0.3) is 11.5 Å². The average molecular weight is 330 g/mol. The molecule has 2 saturated heterocycles. The molecule has 4 rings (SSSR count). The summed E-state index contributed by atoms with van der Waals surface area (Å²) in [4.78, 5) is 5.16. The van der Waals surface area contributed by atoms with Crippen molar-refractivity contribution in [2.45, 2.75) is 32.4 Å². The molecule has 0 unspecified atom stereocenters. The number of aromatic amines is 1. The minimum atomic E-state index is 0.719. The van der Waals surface area contributed by atoms with E-state index in [9.17, 15) is 0 Å². The predicted molar refractivity (Wildman–Crippen MR) is 91.7 cm³/mol. The maximum atomic E-state index is 5.74. The number of piperazine rings is 1. The summed E-state index contributed by atoms with van der Waals surface area (Å²) in [6, 6.07) is 4.72. The molecule has 130 valence electrons. The van der Waals surface area contributed by atoms with Gasteiger partial charge in [-0.2, -0.15) is 5.10 Å². The molecule has 0 bridgehead atoms. The standard InChI is InChI=1S/C18H26N4O2/c1-14-2-3-17(24-14)18-15(12-19-20-18)13-21-6-8-22(9-7-21)16-4-10-23-11-5-16/h2-3,12,16H,4-11,13H2,1H3,(H,19,20). The summed E-state index contributed by atoms with van der Waals surface area (Å²) in [5.41, 5.74) is 2.22. The molecule has 4 heterocycles. The van der Waals surface area contributed by atoms with Crippen molar-refractivity contribution in [2.75, 3.05) is 39.4 Å². The first-order chi connectivity index (χ1) is 11.8. The molecule has 2 fully saturated rings. The second kappa shape index (κ2) is 7.09. The van der Waals surface area contributed by atoms with Crippen molar-refractivity contribution in [1.29, 1.82) is 0 Å². The largest absolute Gasteiger partial charge is 0.460 e. The van der Waals surface area contributed by atoms with Crippen LogP contribution in [-0.4, -0.2) is 65.4 Å². The van der Waals surface area contributed by atoms with E-state index in [-0.39, 0.29) is 0 Å². The number of nitrogens with one attached hydrogen (secondary N) is 1. The van der Waals surface area contributed by atoms with Gasteiger partial charge in [0.2, 0.25) is 0 Å². The van der Waals surface area contributed by atoms with Crippen LogP contribution in [-0.2, 0) is 11.3 Å². The number of ether oxygens (including phenoxy) is 1. The maximum Gasteiger partial charge on any atom is 0.152 e. The van der Waals surface area contributed by atoms with Gasteiger partial charge in [-0.3, -0.25) is 14.9 Å². The topological polar surface area (TPSA) is 57.5 Å². The van der Waals surface area contributed by atoms with Crippen molar-refractivity contribution in [3.8, 4) is 11.5 Å². The Morgan fingerprint density at radius 1 is 1.17 bits per heavy atom. The molecule has 0 saturated carbocycles. The van der Waals surface area contributed by atoms with Crippen LogP contribution in [0.15, 0.2) is 22.7 Å². The lowest BCUT2D eigenvalue weighted by molar-refractivity contribution is 0.0126. The van der Waals surface area contributed by atoms with Gasteiger partial charge < -0.3 is 9.15 Å². The number of hydrogen-bond donors (Lipinski definition) is 1. The number of furan rings is 1. The average Bonchev–Trinajstić information content (AvgIpc) is 3.25. The summed E-state index contributed by atoms with van der Waals surface area (Å²) < 4.78 is 11.2. The van der Waals surface area contributed by atoms with E-state index in [4.69, 9.17) is 9.15 Å². The molecular formula is C18H26N4O2. The highest BCUT2D eigenvalue weighted by Gasteiger charge is 2.26. The molecule has 0 aliphatic carbocycles. The fourth-order valence-corrected chi connectivity index (χ4v) is 3.79. The number of nitrogens with zero attached hydrogens (tertiary/aromatic N) is 3. The molecule has 1 N–H and O–H groups in total. The molecule has 24 heavy (non-hydrogen) atoms. The number of rotatable bonds is 4. The van der Waals surface area contributed by atoms with Crippen LogP contribution in [0.5, 0.6) is 0 Å². The van der Waals surface area contributed by atoms with E-state index in [1.54, 1.807) is 0 Å². The third-order valence-electron chi connectivity index (χ3n) is 5.21. The summed E-state index contributed by atoms with van der Waals surface area (Å²) in [6.07, 6.45) is 4.30. The second-order valence-corrected chi connectivity index (χ2v) is 6.84. The molecule has 0 radical (unpaired) electrons. The predicted octanol–water partition coefficient (Wildman–Crippen LogP) is 2.27. The Labute approximate surface area is 142 Å². The van der Waals surface area contributed by atoms with E-state index >= 15 is 0 Å². The van der Waals surface area contributed by atoms with E-state index in [0.717, 1.165) is 69.2 Å². The molecule has 0 spiro atoms. The molecule has 2 aromatic rings. The Kier molecular flexibility index (Phi) is 4.69. The smallest absolute Gasteiger partial charge is 0.152 e. The summed E-state index contributed by atoms with van der Waals surface area (Å²) in [6.45, 7) is 9.26. The SMILES string of the molecule is Cc1ccc(-c2[nH]ncc2CN2CCN(C3CCOCC3)CC2)o1. The first-order valence-corrected chi connectivity index (χ1v) is 8.93. The zero-order valence-corrected chi connectivity index (χ0v) is 14.3. The minimum absolute atomic E-state index is 0.719. The molecule has 6 heteroatoms. The first-order valence-electron chi connectivity index (χ1n) is 8.93.